The zero-order valence-electron chi connectivity index (χ0n) is 23.0. The average Bonchev–Trinajstić information content (AvgIpc) is 3.05. The lowest BCUT2D eigenvalue weighted by Crippen LogP contribution is -2.55. The number of aliphatic carboxylic acids is 1. The normalized spacial score (nSPS) is 42.9. The van der Waals surface area contributed by atoms with E-state index in [1.165, 1.54) is 38.5 Å². The van der Waals surface area contributed by atoms with Gasteiger partial charge in [-0.1, -0.05) is 64.8 Å². The van der Waals surface area contributed by atoms with Gasteiger partial charge in [0.1, 0.15) is 0 Å². The van der Waals surface area contributed by atoms with Gasteiger partial charge in [0.15, 0.2) is 0 Å². The Balaban J connectivity index is 1.58. The zero-order chi connectivity index (χ0) is 25.3. The number of carbonyl (C=O) groups is 1. The number of carboxylic acid groups (broad SMARTS) is 1. The van der Waals surface area contributed by atoms with Crippen molar-refractivity contribution in [1.29, 1.82) is 0 Å². The minimum atomic E-state index is -0.757. The van der Waals surface area contributed by atoms with Crippen LogP contribution in [0.1, 0.15) is 113 Å². The van der Waals surface area contributed by atoms with E-state index in [0.717, 1.165) is 31.3 Å². The summed E-state index contributed by atoms with van der Waals surface area (Å²) in [6.45, 7) is 20.6. The predicted molar refractivity (Wildman–Crippen MR) is 139 cm³/mol. The quantitative estimate of drug-likeness (QED) is 0.389. The fourth-order valence-electron chi connectivity index (χ4n) is 9.63. The molecule has 0 aliphatic heterocycles. The van der Waals surface area contributed by atoms with Gasteiger partial charge in [0, 0.05) is 0 Å². The molecule has 0 bridgehead atoms. The summed E-state index contributed by atoms with van der Waals surface area (Å²) in [5.74, 6) is 0.645. The second kappa shape index (κ2) is 8.49. The first-order valence-corrected chi connectivity index (χ1v) is 14.0. The number of carboxylic acids is 1. The first kappa shape index (κ1) is 26.0. The first-order valence-electron chi connectivity index (χ1n) is 14.0. The molecule has 4 aliphatic rings. The minimum Gasteiger partial charge on any atom is -0.481 e. The Morgan fingerprint density at radius 3 is 2.32 bits per heavy atom. The Kier molecular flexibility index (Phi) is 6.49. The van der Waals surface area contributed by atoms with Gasteiger partial charge in [0.05, 0.1) is 12.0 Å². The van der Waals surface area contributed by atoms with Gasteiger partial charge in [-0.3, -0.25) is 4.79 Å². The van der Waals surface area contributed by atoms with Gasteiger partial charge in [-0.25, -0.2) is 0 Å². The van der Waals surface area contributed by atoms with Crippen molar-refractivity contribution in [2.24, 2.45) is 45.3 Å². The summed E-state index contributed by atoms with van der Waals surface area (Å²) in [7, 11) is 0. The lowest BCUT2D eigenvalue weighted by Gasteiger charge is -2.62. The molecule has 2 saturated carbocycles. The maximum atomic E-state index is 11.4. The number of aliphatic hydroxyl groups is 1. The zero-order valence-corrected chi connectivity index (χ0v) is 23.0. The molecule has 1 unspecified atom stereocenters. The van der Waals surface area contributed by atoms with Gasteiger partial charge < -0.3 is 10.2 Å². The topological polar surface area (TPSA) is 57.5 Å². The molecule has 4 rings (SSSR count). The molecule has 0 aromatic carbocycles. The van der Waals surface area contributed by atoms with Crippen LogP contribution in [-0.4, -0.2) is 22.3 Å². The first-order chi connectivity index (χ1) is 15.7. The summed E-state index contributed by atoms with van der Waals surface area (Å²) in [6, 6.07) is 0. The van der Waals surface area contributed by atoms with Crippen LogP contribution in [-0.2, 0) is 4.79 Å². The van der Waals surface area contributed by atoms with E-state index in [9.17, 15) is 15.0 Å². The van der Waals surface area contributed by atoms with Crippen molar-refractivity contribution in [2.45, 2.75) is 119 Å². The van der Waals surface area contributed by atoms with E-state index in [1.54, 1.807) is 18.1 Å². The number of hydrogen-bond donors (Lipinski definition) is 2. The molecule has 8 atom stereocenters. The molecular formula is C31H50O3. The highest BCUT2D eigenvalue weighted by Gasteiger charge is 2.63. The van der Waals surface area contributed by atoms with Gasteiger partial charge in [-0.05, 0) is 111 Å². The van der Waals surface area contributed by atoms with Crippen molar-refractivity contribution in [3.63, 3.8) is 0 Å². The van der Waals surface area contributed by atoms with Gasteiger partial charge in [0.2, 0.25) is 0 Å². The smallest absolute Gasteiger partial charge is 0.310 e. The maximum absolute atomic E-state index is 11.4. The third kappa shape index (κ3) is 3.58. The van der Waals surface area contributed by atoms with Crippen LogP contribution in [0.2, 0.25) is 0 Å². The summed E-state index contributed by atoms with van der Waals surface area (Å²) in [6.07, 6.45) is 11.3. The van der Waals surface area contributed by atoms with Crippen molar-refractivity contribution in [3.8, 4) is 0 Å². The van der Waals surface area contributed by atoms with E-state index < -0.39 is 11.9 Å². The Labute approximate surface area is 208 Å². The summed E-state index contributed by atoms with van der Waals surface area (Å²) >= 11 is 0. The van der Waals surface area contributed by atoms with Crippen LogP contribution in [0.3, 0.4) is 0 Å². The van der Waals surface area contributed by atoms with Crippen LogP contribution in [0.25, 0.3) is 0 Å². The van der Waals surface area contributed by atoms with Crippen molar-refractivity contribution >= 4 is 5.97 Å². The van der Waals surface area contributed by atoms with Crippen molar-refractivity contribution in [2.75, 3.05) is 0 Å². The minimum absolute atomic E-state index is 0.00457. The van der Waals surface area contributed by atoms with E-state index in [0.29, 0.717) is 23.2 Å². The molecule has 0 aromatic heterocycles. The largest absolute Gasteiger partial charge is 0.481 e. The van der Waals surface area contributed by atoms with Gasteiger partial charge in [-0.15, -0.1) is 0 Å². The molecule has 0 spiro atoms. The van der Waals surface area contributed by atoms with Crippen molar-refractivity contribution < 1.29 is 15.0 Å². The SMILES string of the molecule is C=C(CC[C@@H](C)[C@H]1CC[C@@]2(C)C3=C(CC[C@]12C)[C@@]1(C)CC[C@@H](O)C(C)(C)[C@@H]1CC3)C(C)C(=O)O. The molecular weight excluding hydrogens is 420 g/mol. The van der Waals surface area contributed by atoms with E-state index in [4.69, 9.17) is 0 Å². The fourth-order valence-corrected chi connectivity index (χ4v) is 9.63. The van der Waals surface area contributed by atoms with Crippen LogP contribution >= 0.6 is 0 Å². The third-order valence-corrected chi connectivity index (χ3v) is 12.4. The molecule has 2 N–H and O–H groups in total. The van der Waals surface area contributed by atoms with E-state index in [-0.39, 0.29) is 22.3 Å². The summed E-state index contributed by atoms with van der Waals surface area (Å²) in [5, 5.41) is 20.2. The Bertz CT molecular complexity index is 883. The molecule has 0 saturated heterocycles. The van der Waals surface area contributed by atoms with Gasteiger partial charge in [-0.2, -0.15) is 0 Å². The fraction of sp³-hybridized carbons (Fsp3) is 0.839. The number of rotatable bonds is 6. The molecule has 192 valence electrons. The van der Waals surface area contributed by atoms with Gasteiger partial charge >= 0.3 is 5.97 Å². The summed E-state index contributed by atoms with van der Waals surface area (Å²) in [4.78, 5) is 11.4. The Morgan fingerprint density at radius 2 is 1.68 bits per heavy atom. The predicted octanol–water partition coefficient (Wildman–Crippen LogP) is 7.79. The van der Waals surface area contributed by atoms with Crippen molar-refractivity contribution in [3.05, 3.63) is 23.3 Å². The number of hydrogen-bond acceptors (Lipinski definition) is 2. The third-order valence-electron chi connectivity index (χ3n) is 12.4. The second-order valence-electron chi connectivity index (χ2n) is 14.0. The van der Waals surface area contributed by atoms with Gasteiger partial charge in [0.25, 0.3) is 0 Å². The summed E-state index contributed by atoms with van der Waals surface area (Å²) in [5.41, 5.74) is 5.28. The average molecular weight is 471 g/mol. The van der Waals surface area contributed by atoms with E-state index >= 15 is 0 Å². The Morgan fingerprint density at radius 1 is 1.00 bits per heavy atom. The Hall–Kier alpha value is -1.09. The molecule has 3 heteroatoms. The molecule has 3 nitrogen and oxygen atoms in total. The molecule has 34 heavy (non-hydrogen) atoms. The van der Waals surface area contributed by atoms with Crippen LogP contribution in [0, 0.1) is 45.3 Å². The maximum Gasteiger partial charge on any atom is 0.310 e. The highest BCUT2D eigenvalue weighted by molar-refractivity contribution is 5.72. The molecule has 0 amide bonds. The molecule has 4 aliphatic carbocycles. The molecule has 2 fully saturated rings. The van der Waals surface area contributed by atoms with Crippen LogP contribution in [0.15, 0.2) is 23.3 Å². The summed E-state index contributed by atoms with van der Waals surface area (Å²) < 4.78 is 0. The number of fused-ring (bicyclic) bond motifs is 4. The highest BCUT2D eigenvalue weighted by Crippen LogP contribution is 2.72. The monoisotopic (exact) mass is 470 g/mol. The number of aliphatic hydroxyl groups excluding tert-OH is 1. The number of allylic oxidation sites excluding steroid dienone is 2. The molecule has 0 radical (unpaired) electrons. The highest BCUT2D eigenvalue weighted by atomic mass is 16.4. The van der Waals surface area contributed by atoms with E-state index in [2.05, 4.69) is 48.1 Å². The van der Waals surface area contributed by atoms with Crippen LogP contribution < -0.4 is 0 Å². The molecule has 0 heterocycles. The lowest BCUT2D eigenvalue weighted by atomic mass is 9.43. The van der Waals surface area contributed by atoms with E-state index in [1.807, 2.05) is 0 Å². The second-order valence-corrected chi connectivity index (χ2v) is 14.0. The standard InChI is InChI=1S/C31H50O3/c1-19(21(3)27(33)34)9-10-20(2)22-13-17-31(8)24-11-12-25-28(4,5)26(32)15-16-29(25,6)23(24)14-18-30(22,31)7/h20-22,25-26,32H,1,9-18H2,2-8H3,(H,33,34)/t20-,21?,22-,25+,26-,29-,30-,31+/m1/s1. The van der Waals surface area contributed by atoms with Crippen LogP contribution in [0.4, 0.5) is 0 Å². The van der Waals surface area contributed by atoms with Crippen LogP contribution in [0.5, 0.6) is 0 Å². The molecule has 0 aromatic rings. The van der Waals surface area contributed by atoms with Crippen molar-refractivity contribution in [1.82, 2.24) is 0 Å². The lowest BCUT2D eigenvalue weighted by molar-refractivity contribution is -0.139.